The van der Waals surface area contributed by atoms with Crippen LogP contribution in [-0.2, 0) is 35.9 Å². The zero-order valence-corrected chi connectivity index (χ0v) is 44.1. The maximum Gasteiger partial charge on any atom is 0.314 e. The molecule has 3 aliphatic heterocycles. The third-order valence-corrected chi connectivity index (χ3v) is 16.9. The van der Waals surface area contributed by atoms with Gasteiger partial charge >= 0.3 is 12.1 Å². The van der Waals surface area contributed by atoms with Gasteiger partial charge in [-0.2, -0.15) is 5.26 Å². The number of halogens is 1. The van der Waals surface area contributed by atoms with E-state index in [0.29, 0.717) is 121 Å². The Kier molecular flexibility index (Phi) is 21.3. The van der Waals surface area contributed by atoms with Crippen molar-refractivity contribution in [2.45, 2.75) is 72.5 Å². The summed E-state index contributed by atoms with van der Waals surface area (Å²) in [5, 5.41) is 21.5. The number of fused-ring (bicyclic) bond motifs is 1. The van der Waals surface area contributed by atoms with Crippen molar-refractivity contribution in [3.63, 3.8) is 0 Å². The number of rotatable bonds is 26. The number of sulfonamides is 2. The summed E-state index contributed by atoms with van der Waals surface area (Å²) >= 11 is 6.48. The number of ether oxygens (including phenoxy) is 3. The van der Waals surface area contributed by atoms with Crippen LogP contribution in [0, 0.1) is 11.3 Å². The van der Waals surface area contributed by atoms with E-state index in [-0.39, 0.29) is 46.1 Å². The largest absolute Gasteiger partial charge is 0.484 e. The van der Waals surface area contributed by atoms with Crippen LogP contribution in [-0.4, -0.2) is 192 Å². The molecule has 3 heterocycles. The van der Waals surface area contributed by atoms with Crippen molar-refractivity contribution in [2.75, 3.05) is 125 Å². The van der Waals surface area contributed by atoms with E-state index >= 15 is 0 Å². The van der Waals surface area contributed by atoms with Crippen LogP contribution in [0.3, 0.4) is 0 Å². The Labute approximate surface area is 435 Å². The van der Waals surface area contributed by atoms with Crippen molar-refractivity contribution in [3.8, 4) is 11.8 Å². The molecule has 0 aromatic heterocycles. The number of nitriles is 1. The summed E-state index contributed by atoms with van der Waals surface area (Å²) in [6.45, 7) is 10.9. The molecule has 3 aromatic carbocycles. The van der Waals surface area contributed by atoms with Crippen LogP contribution in [0.2, 0.25) is 5.02 Å². The van der Waals surface area contributed by atoms with Gasteiger partial charge in [0.05, 0.1) is 53.9 Å². The number of carbonyl (C=O) groups is 2. The first kappa shape index (κ1) is 56.1. The van der Waals surface area contributed by atoms with Gasteiger partial charge in [0.25, 0.3) is 0 Å². The van der Waals surface area contributed by atoms with Gasteiger partial charge in [-0.1, -0.05) is 29.8 Å². The Morgan fingerprint density at radius 1 is 0.699 bits per heavy atom. The minimum atomic E-state index is -3.80. The first-order valence-corrected chi connectivity index (χ1v) is 28.8. The lowest BCUT2D eigenvalue weighted by Gasteiger charge is -2.32. The minimum absolute atomic E-state index is 0.00781. The highest BCUT2D eigenvalue weighted by molar-refractivity contribution is 7.89. The summed E-state index contributed by atoms with van der Waals surface area (Å²) < 4.78 is 75.8. The molecule has 400 valence electrons. The van der Waals surface area contributed by atoms with Gasteiger partial charge in [-0.15, -0.1) is 0 Å². The third-order valence-electron chi connectivity index (χ3n) is 13.6. The fourth-order valence-corrected chi connectivity index (χ4v) is 12.5. The minimum Gasteiger partial charge on any atom is -0.484 e. The van der Waals surface area contributed by atoms with E-state index in [1.807, 2.05) is 6.07 Å². The number of nitrogens with zero attached hydrogens (tertiary/aromatic N) is 5. The molecule has 23 heteroatoms. The Morgan fingerprint density at radius 2 is 1.26 bits per heavy atom. The molecule has 73 heavy (non-hydrogen) atoms. The maximum absolute atomic E-state index is 13.5. The van der Waals surface area contributed by atoms with Crippen LogP contribution < -0.4 is 35.4 Å². The standard InChI is InChI=1S/C50H72ClN11O9S2/c1-59-20-7-21-62(25-24-59)47-34-45-38(35-52)32-39(51)33-46(45)48(47)71-42-10-12-44(13-11-42)73(67,68)58-41-15-23-61(37-41)27-31-70-29-19-56-50(64)54-17-6-5-16-53-49(63)55-18-28-69-30-26-60-22-14-40(36-60)57-72(65,66)43-8-3-2-4-9-43/h2-4,8-13,32-33,40-41,47-48,57-58H,5-7,14-31,34,36-37H2,1H3,(H2,53,55,63)(H2,54,56,64)/t40-,41-,47-,48-/m0/s1. The molecular weight excluding hydrogens is 998 g/mol. The van der Waals surface area contributed by atoms with Gasteiger partial charge in [-0.25, -0.2) is 35.9 Å². The molecular formula is C50H72ClN11O9S2. The van der Waals surface area contributed by atoms with E-state index in [1.165, 1.54) is 0 Å². The van der Waals surface area contributed by atoms with Gasteiger partial charge in [-0.05, 0) is 131 Å². The van der Waals surface area contributed by atoms with E-state index in [9.17, 15) is 31.7 Å². The lowest BCUT2D eigenvalue weighted by atomic mass is 10.0. The number of amides is 4. The molecule has 4 amide bonds. The highest BCUT2D eigenvalue weighted by atomic mass is 35.5. The summed E-state index contributed by atoms with van der Waals surface area (Å²) in [7, 11) is -5.21. The number of unbranched alkanes of at least 4 members (excludes halogenated alkanes) is 1. The van der Waals surface area contributed by atoms with Crippen molar-refractivity contribution >= 4 is 43.7 Å². The van der Waals surface area contributed by atoms with Crippen LogP contribution in [0.25, 0.3) is 0 Å². The topological polar surface area (TPSA) is 239 Å². The van der Waals surface area contributed by atoms with Gasteiger partial charge in [0.2, 0.25) is 20.0 Å². The zero-order valence-electron chi connectivity index (χ0n) is 41.7. The van der Waals surface area contributed by atoms with Crippen LogP contribution >= 0.6 is 11.6 Å². The monoisotopic (exact) mass is 1070 g/mol. The Morgan fingerprint density at radius 3 is 1.84 bits per heavy atom. The van der Waals surface area contributed by atoms with Crippen molar-refractivity contribution in [2.24, 2.45) is 0 Å². The smallest absolute Gasteiger partial charge is 0.314 e. The molecule has 0 bridgehead atoms. The number of carbonyl (C=O) groups excluding carboxylic acids is 2. The normalized spacial score (nSPS) is 21.1. The molecule has 7 rings (SSSR count). The van der Waals surface area contributed by atoms with Crippen LogP contribution in [0.4, 0.5) is 9.59 Å². The van der Waals surface area contributed by atoms with Crippen molar-refractivity contribution < 1.29 is 40.6 Å². The number of urea groups is 2. The second-order valence-electron chi connectivity index (χ2n) is 19.0. The van der Waals surface area contributed by atoms with Gasteiger partial charge in [0, 0.05) is 82.6 Å². The highest BCUT2D eigenvalue weighted by Gasteiger charge is 2.40. The SMILES string of the molecule is CN1CCCN([C@H]2Cc3c(C#N)cc(Cl)cc3[C@@H]2Oc2ccc(S(=O)(=O)N[C@H]3CCN(CCOCCNC(=O)NCCCCNC(=O)NCCOCCN4CC[C@H](NS(=O)(=O)c5ccccc5)C4)C3)cc2)CC1. The van der Waals surface area contributed by atoms with Gasteiger partial charge < -0.3 is 40.4 Å². The van der Waals surface area contributed by atoms with E-state index in [2.05, 4.69) is 63.4 Å². The maximum atomic E-state index is 13.5. The summed E-state index contributed by atoms with van der Waals surface area (Å²) in [6.07, 6.45) is 4.10. The van der Waals surface area contributed by atoms with Crippen molar-refractivity contribution in [1.82, 2.24) is 50.3 Å². The number of hydrogen-bond donors (Lipinski definition) is 6. The second-order valence-corrected chi connectivity index (χ2v) is 22.9. The lowest BCUT2D eigenvalue weighted by molar-refractivity contribution is 0.0805. The van der Waals surface area contributed by atoms with Crippen molar-refractivity contribution in [3.05, 3.63) is 88.4 Å². The third kappa shape index (κ3) is 17.2. The summed E-state index contributed by atoms with van der Waals surface area (Å²) in [5.74, 6) is 0.539. The van der Waals surface area contributed by atoms with Crippen LogP contribution in [0.5, 0.6) is 5.75 Å². The highest BCUT2D eigenvalue weighted by Crippen LogP contribution is 2.41. The fourth-order valence-electron chi connectivity index (χ4n) is 9.75. The molecule has 3 aromatic rings. The van der Waals surface area contributed by atoms with Gasteiger partial charge in [0.15, 0.2) is 0 Å². The Balaban J connectivity index is 0.684. The van der Waals surface area contributed by atoms with E-state index in [0.717, 1.165) is 63.2 Å². The van der Waals surface area contributed by atoms with Gasteiger partial charge in [0.1, 0.15) is 11.9 Å². The van der Waals surface area contributed by atoms with E-state index < -0.39 is 20.0 Å². The quantitative estimate of drug-likeness (QED) is 0.0635. The van der Waals surface area contributed by atoms with Gasteiger partial charge in [-0.3, -0.25) is 14.7 Å². The molecule has 0 unspecified atom stereocenters. The van der Waals surface area contributed by atoms with Crippen LogP contribution in [0.1, 0.15) is 54.9 Å². The zero-order chi connectivity index (χ0) is 51.6. The summed E-state index contributed by atoms with van der Waals surface area (Å²) in [4.78, 5) is 33.8. The molecule has 4 atom stereocenters. The Bertz CT molecular complexity index is 2530. The molecule has 0 spiro atoms. The van der Waals surface area contributed by atoms with E-state index in [4.69, 9.17) is 25.8 Å². The fraction of sp³-hybridized carbons (Fsp3) is 0.580. The molecule has 0 radical (unpaired) electrons. The Hall–Kier alpha value is -4.64. The predicted molar refractivity (Wildman–Crippen MR) is 278 cm³/mol. The number of nitrogens with one attached hydrogen (secondary N) is 6. The first-order chi connectivity index (χ1) is 35.3. The number of hydrogen-bond acceptors (Lipinski definition) is 14. The first-order valence-electron chi connectivity index (χ1n) is 25.4. The average Bonchev–Trinajstić information content (AvgIpc) is 4.07. The second kappa shape index (κ2) is 27.8. The number of likely N-dealkylation sites (N-methyl/N-ethyl adjacent to an activating group) is 1. The summed E-state index contributed by atoms with van der Waals surface area (Å²) in [6, 6.07) is 19.8. The molecule has 20 nitrogen and oxygen atoms in total. The van der Waals surface area contributed by atoms with Crippen molar-refractivity contribution in [1.29, 1.82) is 5.26 Å². The molecule has 3 fully saturated rings. The molecule has 6 N–H and O–H groups in total. The predicted octanol–water partition coefficient (Wildman–Crippen LogP) is 2.71. The lowest BCUT2D eigenvalue weighted by Crippen LogP contribution is -2.42. The molecule has 1 aliphatic carbocycles. The average molecular weight is 1070 g/mol. The molecule has 3 saturated heterocycles. The molecule has 4 aliphatic rings. The van der Waals surface area contributed by atoms with Crippen LogP contribution in [0.15, 0.2) is 76.5 Å². The van der Waals surface area contributed by atoms with E-state index in [1.54, 1.807) is 60.7 Å². The summed E-state index contributed by atoms with van der Waals surface area (Å²) in [5.41, 5.74) is 2.42. The molecule has 0 saturated carbocycles. The number of likely N-dealkylation sites (tertiary alicyclic amines) is 2. The number of benzene rings is 3.